The van der Waals surface area contributed by atoms with E-state index in [0.717, 1.165) is 35.5 Å². The number of nitrogens with one attached hydrogen (secondary N) is 1. The summed E-state index contributed by atoms with van der Waals surface area (Å²) < 4.78 is 5.13. The molecule has 0 spiro atoms. The van der Waals surface area contributed by atoms with E-state index >= 15 is 0 Å². The molecule has 1 amide bonds. The molecule has 2 aliphatic rings. The molecule has 1 fully saturated rings. The van der Waals surface area contributed by atoms with E-state index in [2.05, 4.69) is 15.3 Å². The molecule has 1 aliphatic heterocycles. The van der Waals surface area contributed by atoms with E-state index in [0.29, 0.717) is 25.7 Å². The van der Waals surface area contributed by atoms with Crippen molar-refractivity contribution in [3.63, 3.8) is 0 Å². The maximum Gasteiger partial charge on any atom is 0.253 e. The number of hydrogen-bond donors (Lipinski definition) is 1. The highest BCUT2D eigenvalue weighted by Gasteiger charge is 2.26. The number of anilines is 1. The van der Waals surface area contributed by atoms with E-state index in [1.165, 1.54) is 18.4 Å². The average molecular weight is 352 g/mol. The number of fused-ring (bicyclic) bond motifs is 1. The molecule has 0 atom stereocenters. The Labute approximate surface area is 153 Å². The molecule has 1 saturated carbocycles. The fraction of sp³-hybridized carbons (Fsp3) is 0.450. The van der Waals surface area contributed by atoms with Crippen LogP contribution in [0.15, 0.2) is 30.6 Å². The van der Waals surface area contributed by atoms with Crippen LogP contribution in [0.1, 0.15) is 40.0 Å². The van der Waals surface area contributed by atoms with Gasteiger partial charge in [0.1, 0.15) is 12.1 Å². The van der Waals surface area contributed by atoms with Gasteiger partial charge in [-0.1, -0.05) is 12.1 Å². The molecule has 2 aromatic rings. The lowest BCUT2D eigenvalue weighted by atomic mass is 10.1. The fourth-order valence-corrected chi connectivity index (χ4v) is 3.37. The number of methoxy groups -OCH3 is 1. The third-order valence-corrected chi connectivity index (χ3v) is 5.00. The first-order chi connectivity index (χ1) is 12.7. The minimum absolute atomic E-state index is 0.0754. The van der Waals surface area contributed by atoms with Gasteiger partial charge in [-0.15, -0.1) is 0 Å². The summed E-state index contributed by atoms with van der Waals surface area (Å²) in [5, 5.41) is 3.50. The SMILES string of the molecule is COCc1ccc(C(=O)N2CCc3ncnc(NC4CC4)c3CC2)cc1. The highest BCUT2D eigenvalue weighted by atomic mass is 16.5. The number of nitrogens with zero attached hydrogens (tertiary/aromatic N) is 3. The predicted molar refractivity (Wildman–Crippen MR) is 99.1 cm³/mol. The fourth-order valence-electron chi connectivity index (χ4n) is 3.37. The molecule has 1 aromatic heterocycles. The summed E-state index contributed by atoms with van der Waals surface area (Å²) in [7, 11) is 1.67. The third kappa shape index (κ3) is 3.70. The number of hydrogen-bond acceptors (Lipinski definition) is 5. The lowest BCUT2D eigenvalue weighted by Crippen LogP contribution is -2.33. The van der Waals surface area contributed by atoms with Crippen molar-refractivity contribution < 1.29 is 9.53 Å². The van der Waals surface area contributed by atoms with E-state index in [-0.39, 0.29) is 5.91 Å². The summed E-state index contributed by atoms with van der Waals surface area (Å²) in [6, 6.07) is 8.22. The first-order valence-corrected chi connectivity index (χ1v) is 9.21. The minimum atomic E-state index is 0.0754. The van der Waals surface area contributed by atoms with E-state index in [9.17, 15) is 4.79 Å². The highest BCUT2D eigenvalue weighted by molar-refractivity contribution is 5.94. The zero-order valence-electron chi connectivity index (χ0n) is 15.1. The summed E-state index contributed by atoms with van der Waals surface area (Å²) >= 11 is 0. The van der Waals surface area contributed by atoms with Crippen LogP contribution >= 0.6 is 0 Å². The Morgan fingerprint density at radius 3 is 2.69 bits per heavy atom. The van der Waals surface area contributed by atoms with Crippen molar-refractivity contribution >= 4 is 11.7 Å². The van der Waals surface area contributed by atoms with Gasteiger partial charge in [-0.3, -0.25) is 4.79 Å². The van der Waals surface area contributed by atoms with E-state index in [1.54, 1.807) is 13.4 Å². The summed E-state index contributed by atoms with van der Waals surface area (Å²) in [6.45, 7) is 1.94. The van der Waals surface area contributed by atoms with Gasteiger partial charge in [0.25, 0.3) is 5.91 Å². The highest BCUT2D eigenvalue weighted by Crippen LogP contribution is 2.28. The average Bonchev–Trinajstić information content (AvgIpc) is 3.49. The largest absolute Gasteiger partial charge is 0.380 e. The quantitative estimate of drug-likeness (QED) is 0.895. The van der Waals surface area contributed by atoms with Gasteiger partial charge in [-0.2, -0.15) is 0 Å². The van der Waals surface area contributed by atoms with Crippen LogP contribution < -0.4 is 5.32 Å². The molecule has 0 unspecified atom stereocenters. The molecule has 6 nitrogen and oxygen atoms in total. The van der Waals surface area contributed by atoms with Crippen molar-refractivity contribution in [2.75, 3.05) is 25.5 Å². The van der Waals surface area contributed by atoms with Gasteiger partial charge in [-0.25, -0.2) is 9.97 Å². The Morgan fingerprint density at radius 1 is 1.19 bits per heavy atom. The summed E-state index contributed by atoms with van der Waals surface area (Å²) in [6.07, 6.45) is 5.61. The molecule has 0 saturated heterocycles. The lowest BCUT2D eigenvalue weighted by molar-refractivity contribution is 0.0763. The normalized spacial score (nSPS) is 16.7. The van der Waals surface area contributed by atoms with Crippen molar-refractivity contribution in [2.45, 2.75) is 38.3 Å². The van der Waals surface area contributed by atoms with Gasteiger partial charge in [0.05, 0.1) is 12.3 Å². The lowest BCUT2D eigenvalue weighted by Gasteiger charge is -2.20. The second kappa shape index (κ2) is 7.41. The minimum Gasteiger partial charge on any atom is -0.380 e. The van der Waals surface area contributed by atoms with Gasteiger partial charge in [-0.05, 0) is 37.0 Å². The molecule has 0 bridgehead atoms. The van der Waals surface area contributed by atoms with Crippen molar-refractivity contribution in [2.24, 2.45) is 0 Å². The Morgan fingerprint density at radius 2 is 1.96 bits per heavy atom. The van der Waals surface area contributed by atoms with Crippen molar-refractivity contribution in [3.05, 3.63) is 53.0 Å². The molecule has 1 N–H and O–H groups in total. The first kappa shape index (κ1) is 17.0. The zero-order chi connectivity index (χ0) is 17.9. The van der Waals surface area contributed by atoms with Crippen LogP contribution in [0.5, 0.6) is 0 Å². The molecular formula is C20H24N4O2. The Balaban J connectivity index is 1.47. The maximum absolute atomic E-state index is 12.9. The van der Waals surface area contributed by atoms with Crippen LogP contribution in [0.4, 0.5) is 5.82 Å². The second-order valence-corrected chi connectivity index (χ2v) is 6.99. The Hall–Kier alpha value is -2.47. The Kier molecular flexibility index (Phi) is 4.84. The number of aromatic nitrogens is 2. The van der Waals surface area contributed by atoms with Crippen LogP contribution in [-0.4, -0.2) is 47.0 Å². The van der Waals surface area contributed by atoms with Crippen molar-refractivity contribution in [3.8, 4) is 0 Å². The van der Waals surface area contributed by atoms with Gasteiger partial charge in [0.2, 0.25) is 0 Å². The number of benzene rings is 1. The van der Waals surface area contributed by atoms with Gasteiger partial charge in [0, 0.05) is 43.8 Å². The molecular weight excluding hydrogens is 328 g/mol. The third-order valence-electron chi connectivity index (χ3n) is 5.00. The first-order valence-electron chi connectivity index (χ1n) is 9.21. The van der Waals surface area contributed by atoms with E-state index < -0.39 is 0 Å². The maximum atomic E-state index is 12.9. The molecule has 26 heavy (non-hydrogen) atoms. The van der Waals surface area contributed by atoms with Crippen LogP contribution in [0.2, 0.25) is 0 Å². The van der Waals surface area contributed by atoms with Crippen LogP contribution in [-0.2, 0) is 24.2 Å². The van der Waals surface area contributed by atoms with Crippen molar-refractivity contribution in [1.82, 2.24) is 14.9 Å². The molecule has 136 valence electrons. The molecule has 4 rings (SSSR count). The van der Waals surface area contributed by atoms with Gasteiger partial charge >= 0.3 is 0 Å². The van der Waals surface area contributed by atoms with Gasteiger partial charge in [0.15, 0.2) is 0 Å². The van der Waals surface area contributed by atoms with Crippen LogP contribution in [0, 0.1) is 0 Å². The summed E-state index contributed by atoms with van der Waals surface area (Å²) in [4.78, 5) is 23.7. The summed E-state index contributed by atoms with van der Waals surface area (Å²) in [5.41, 5.74) is 4.02. The Bertz CT molecular complexity index is 787. The van der Waals surface area contributed by atoms with Crippen molar-refractivity contribution in [1.29, 1.82) is 0 Å². The number of amides is 1. The van der Waals surface area contributed by atoms with E-state index in [1.807, 2.05) is 29.2 Å². The molecule has 1 aliphatic carbocycles. The zero-order valence-corrected chi connectivity index (χ0v) is 15.1. The number of ether oxygens (including phenoxy) is 1. The van der Waals surface area contributed by atoms with Gasteiger partial charge < -0.3 is 15.0 Å². The topological polar surface area (TPSA) is 67.3 Å². The molecule has 2 heterocycles. The summed E-state index contributed by atoms with van der Waals surface area (Å²) in [5.74, 6) is 1.03. The second-order valence-electron chi connectivity index (χ2n) is 6.99. The van der Waals surface area contributed by atoms with E-state index in [4.69, 9.17) is 4.74 Å². The number of carbonyl (C=O) groups is 1. The standard InChI is InChI=1S/C20H24N4O2/c1-26-12-14-2-4-15(5-3-14)20(25)24-10-8-17-18(9-11-24)21-13-22-19(17)23-16-6-7-16/h2-5,13,16H,6-12H2,1H3,(H,21,22,23). The predicted octanol–water partition coefficient (Wildman–Crippen LogP) is 2.44. The number of carbonyl (C=O) groups excluding carboxylic acids is 1. The molecule has 0 radical (unpaired) electrons. The van der Waals surface area contributed by atoms with Crippen LogP contribution in [0.3, 0.4) is 0 Å². The monoisotopic (exact) mass is 352 g/mol. The smallest absolute Gasteiger partial charge is 0.253 e. The molecule has 1 aromatic carbocycles. The van der Waals surface area contributed by atoms with Crippen LogP contribution in [0.25, 0.3) is 0 Å². The number of rotatable bonds is 5. The molecule has 6 heteroatoms.